The van der Waals surface area contributed by atoms with Crippen molar-refractivity contribution in [3.8, 4) is 11.5 Å². The van der Waals surface area contributed by atoms with E-state index in [9.17, 15) is 22.8 Å². The van der Waals surface area contributed by atoms with Gasteiger partial charge in [0.1, 0.15) is 17.2 Å². The Morgan fingerprint density at radius 1 is 0.931 bits per heavy atom. The first-order valence-corrected chi connectivity index (χ1v) is 8.62. The lowest BCUT2D eigenvalue weighted by atomic mass is 10.0. The van der Waals surface area contributed by atoms with Crippen molar-refractivity contribution in [1.82, 2.24) is 4.90 Å². The van der Waals surface area contributed by atoms with Crippen molar-refractivity contribution in [1.29, 1.82) is 0 Å². The Kier molecular flexibility index (Phi) is 5.49. The summed E-state index contributed by atoms with van der Waals surface area (Å²) in [5.41, 5.74) is 1.03. The Labute approximate surface area is 164 Å². The van der Waals surface area contributed by atoms with Gasteiger partial charge in [-0.05, 0) is 48.9 Å². The molecule has 0 fully saturated rings. The number of nitrogens with zero attached hydrogens (tertiary/aromatic N) is 1. The van der Waals surface area contributed by atoms with Crippen LogP contribution in [0.4, 0.5) is 18.9 Å². The molecule has 0 unspecified atom stereocenters. The third kappa shape index (κ3) is 4.50. The Morgan fingerprint density at radius 3 is 2.07 bits per heavy atom. The van der Waals surface area contributed by atoms with Crippen LogP contribution < -0.4 is 14.8 Å². The van der Waals surface area contributed by atoms with Gasteiger partial charge in [-0.25, -0.2) is 0 Å². The number of ether oxygens (including phenoxy) is 2. The van der Waals surface area contributed by atoms with E-state index in [2.05, 4.69) is 10.1 Å². The molecule has 1 heterocycles. The summed E-state index contributed by atoms with van der Waals surface area (Å²) in [4.78, 5) is 26.1. The standard InChI is InChI=1S/C20H17F3N2O4/c1-3-28-14-8-4-12(5-9-14)16-17(19(27)25(2)18(16)26)24-13-6-10-15(11-7-13)29-20(21,22)23/h4-11,24H,3H2,1-2H3. The van der Waals surface area contributed by atoms with Crippen LogP contribution in [-0.2, 0) is 9.59 Å². The highest BCUT2D eigenvalue weighted by atomic mass is 19.4. The fourth-order valence-electron chi connectivity index (χ4n) is 2.79. The first-order chi connectivity index (χ1) is 13.7. The molecule has 0 atom stereocenters. The summed E-state index contributed by atoms with van der Waals surface area (Å²) in [6, 6.07) is 11.5. The minimum absolute atomic E-state index is 0.0335. The van der Waals surface area contributed by atoms with E-state index in [1.54, 1.807) is 24.3 Å². The molecule has 1 aliphatic rings. The Bertz CT molecular complexity index is 951. The van der Waals surface area contributed by atoms with Crippen LogP contribution in [-0.4, -0.2) is 36.7 Å². The minimum atomic E-state index is -4.80. The molecule has 0 bridgehead atoms. The lowest BCUT2D eigenvalue weighted by Gasteiger charge is -2.11. The molecule has 3 rings (SSSR count). The molecule has 0 aromatic heterocycles. The Hall–Kier alpha value is -3.49. The topological polar surface area (TPSA) is 67.9 Å². The maximum Gasteiger partial charge on any atom is 0.573 e. The number of rotatable bonds is 6. The summed E-state index contributed by atoms with van der Waals surface area (Å²) < 4.78 is 46.0. The molecule has 0 aliphatic carbocycles. The number of carbonyl (C=O) groups excluding carboxylic acids is 2. The van der Waals surface area contributed by atoms with Crippen molar-refractivity contribution in [2.75, 3.05) is 19.0 Å². The number of alkyl halides is 3. The van der Waals surface area contributed by atoms with E-state index in [-0.39, 0.29) is 11.3 Å². The van der Waals surface area contributed by atoms with Gasteiger partial charge in [0.25, 0.3) is 11.8 Å². The van der Waals surface area contributed by atoms with Crippen LogP contribution in [0, 0.1) is 0 Å². The number of benzene rings is 2. The van der Waals surface area contributed by atoms with Gasteiger partial charge in [0.15, 0.2) is 0 Å². The maximum absolute atomic E-state index is 12.6. The molecule has 2 aromatic carbocycles. The summed E-state index contributed by atoms with van der Waals surface area (Å²) in [6.07, 6.45) is -4.80. The monoisotopic (exact) mass is 406 g/mol. The zero-order chi connectivity index (χ0) is 21.2. The fraction of sp³-hybridized carbons (Fsp3) is 0.200. The number of likely N-dealkylation sites (N-methyl/N-ethyl adjacent to an activating group) is 1. The third-order valence-electron chi connectivity index (χ3n) is 4.10. The summed E-state index contributed by atoms with van der Waals surface area (Å²) in [6.45, 7) is 2.33. The molecule has 1 aliphatic heterocycles. The number of hydrogen-bond donors (Lipinski definition) is 1. The lowest BCUT2D eigenvalue weighted by molar-refractivity contribution is -0.274. The van der Waals surface area contributed by atoms with Gasteiger partial charge in [-0.15, -0.1) is 13.2 Å². The van der Waals surface area contributed by atoms with E-state index < -0.39 is 23.9 Å². The van der Waals surface area contributed by atoms with Gasteiger partial charge in [-0.1, -0.05) is 12.1 Å². The first kappa shape index (κ1) is 20.2. The van der Waals surface area contributed by atoms with Crippen molar-refractivity contribution >= 4 is 23.1 Å². The van der Waals surface area contributed by atoms with Gasteiger partial charge < -0.3 is 14.8 Å². The largest absolute Gasteiger partial charge is 0.573 e. The molecule has 0 radical (unpaired) electrons. The van der Waals surface area contributed by atoms with Crippen molar-refractivity contribution in [2.24, 2.45) is 0 Å². The SMILES string of the molecule is CCOc1ccc(C2=C(Nc3ccc(OC(F)(F)F)cc3)C(=O)N(C)C2=O)cc1. The number of anilines is 1. The number of imide groups is 1. The molecule has 0 saturated heterocycles. The number of amides is 2. The number of nitrogens with one attached hydrogen (secondary N) is 1. The molecule has 0 spiro atoms. The molecule has 6 nitrogen and oxygen atoms in total. The smallest absolute Gasteiger partial charge is 0.494 e. The average Bonchev–Trinajstić information content (AvgIpc) is 2.87. The van der Waals surface area contributed by atoms with Gasteiger partial charge >= 0.3 is 6.36 Å². The van der Waals surface area contributed by atoms with Gasteiger partial charge in [-0.2, -0.15) is 0 Å². The second kappa shape index (κ2) is 7.86. The quantitative estimate of drug-likeness (QED) is 0.739. The van der Waals surface area contributed by atoms with E-state index in [0.717, 1.165) is 17.0 Å². The van der Waals surface area contributed by atoms with Gasteiger partial charge in [-0.3, -0.25) is 14.5 Å². The fourth-order valence-corrected chi connectivity index (χ4v) is 2.79. The van der Waals surface area contributed by atoms with Crippen molar-refractivity contribution in [3.05, 3.63) is 59.8 Å². The Balaban J connectivity index is 1.91. The highest BCUT2D eigenvalue weighted by Gasteiger charge is 2.37. The summed E-state index contributed by atoms with van der Waals surface area (Å²) in [5.74, 6) is -0.806. The van der Waals surface area contributed by atoms with Crippen LogP contribution in [0.25, 0.3) is 5.57 Å². The molecule has 9 heteroatoms. The summed E-state index contributed by atoms with van der Waals surface area (Å²) in [5, 5.41) is 2.83. The first-order valence-electron chi connectivity index (χ1n) is 8.62. The van der Waals surface area contributed by atoms with Crippen molar-refractivity contribution in [3.63, 3.8) is 0 Å². The van der Waals surface area contributed by atoms with Crippen LogP contribution in [0.15, 0.2) is 54.2 Å². The van der Waals surface area contributed by atoms with Gasteiger partial charge in [0.05, 0.1) is 12.2 Å². The second-order valence-corrected chi connectivity index (χ2v) is 6.07. The Morgan fingerprint density at radius 2 is 1.52 bits per heavy atom. The van der Waals surface area contributed by atoms with E-state index in [0.29, 0.717) is 23.6 Å². The molecule has 1 N–H and O–H groups in total. The highest BCUT2D eigenvalue weighted by molar-refractivity contribution is 6.36. The molecule has 2 amide bonds. The van der Waals surface area contributed by atoms with Gasteiger partial charge in [0, 0.05) is 12.7 Å². The van der Waals surface area contributed by atoms with Crippen LogP contribution in [0.5, 0.6) is 11.5 Å². The average molecular weight is 406 g/mol. The van der Waals surface area contributed by atoms with E-state index in [4.69, 9.17) is 4.74 Å². The van der Waals surface area contributed by atoms with E-state index in [1.807, 2.05) is 6.92 Å². The normalized spacial score (nSPS) is 14.4. The molecule has 29 heavy (non-hydrogen) atoms. The minimum Gasteiger partial charge on any atom is -0.494 e. The molecule has 152 valence electrons. The molecule has 0 saturated carbocycles. The van der Waals surface area contributed by atoms with Crippen molar-refractivity contribution in [2.45, 2.75) is 13.3 Å². The van der Waals surface area contributed by atoms with Crippen LogP contribution in [0.1, 0.15) is 12.5 Å². The van der Waals surface area contributed by atoms with E-state index in [1.165, 1.54) is 19.2 Å². The zero-order valence-electron chi connectivity index (χ0n) is 15.5. The van der Waals surface area contributed by atoms with Crippen LogP contribution >= 0.6 is 0 Å². The summed E-state index contributed by atoms with van der Waals surface area (Å²) in [7, 11) is 1.36. The zero-order valence-corrected chi connectivity index (χ0v) is 15.5. The van der Waals surface area contributed by atoms with E-state index >= 15 is 0 Å². The number of carbonyl (C=O) groups is 2. The van der Waals surface area contributed by atoms with Crippen LogP contribution in [0.2, 0.25) is 0 Å². The predicted octanol–water partition coefficient (Wildman–Crippen LogP) is 3.81. The highest BCUT2D eigenvalue weighted by Crippen LogP contribution is 2.31. The summed E-state index contributed by atoms with van der Waals surface area (Å²) >= 11 is 0. The molecule has 2 aromatic rings. The maximum atomic E-state index is 12.6. The van der Waals surface area contributed by atoms with Gasteiger partial charge in [0.2, 0.25) is 0 Å². The predicted molar refractivity (Wildman–Crippen MR) is 99.1 cm³/mol. The second-order valence-electron chi connectivity index (χ2n) is 6.07. The third-order valence-corrected chi connectivity index (χ3v) is 4.10. The number of hydrogen-bond acceptors (Lipinski definition) is 5. The number of halogens is 3. The molecular formula is C20H17F3N2O4. The lowest BCUT2D eigenvalue weighted by Crippen LogP contribution is -2.27. The molecular weight excluding hydrogens is 389 g/mol. The van der Waals surface area contributed by atoms with Crippen molar-refractivity contribution < 1.29 is 32.2 Å². The van der Waals surface area contributed by atoms with Crippen LogP contribution in [0.3, 0.4) is 0 Å².